The van der Waals surface area contributed by atoms with E-state index in [1.807, 2.05) is 0 Å². The Bertz CT molecular complexity index is 334. The zero-order chi connectivity index (χ0) is 12.7. The highest BCUT2D eigenvalue weighted by Gasteiger charge is 2.18. The first-order chi connectivity index (χ1) is 8.03. The third-order valence-electron chi connectivity index (χ3n) is 2.69. The topological polar surface area (TPSA) is 78.0 Å². The number of aromatic nitrogens is 2. The highest BCUT2D eigenvalue weighted by Crippen LogP contribution is 2.20. The molecule has 5 nitrogen and oxygen atoms in total. The molecule has 5 heteroatoms. The standard InChI is InChI=1S/C12H21N3O2/c1-12(2,5-3-7-16)9-13-11(17)8-10-4-6-14-15-10/h4,6,16H,3,5,7-9H2,1-2H3,(H,13,17)(H,14,15). The Balaban J connectivity index is 2.27. The predicted octanol–water partition coefficient (Wildman–Crippen LogP) is 0.867. The van der Waals surface area contributed by atoms with Crippen molar-refractivity contribution in [1.82, 2.24) is 15.5 Å². The summed E-state index contributed by atoms with van der Waals surface area (Å²) in [4.78, 5) is 11.6. The molecule has 0 spiro atoms. The normalized spacial score (nSPS) is 11.5. The zero-order valence-corrected chi connectivity index (χ0v) is 10.5. The molecule has 0 atom stereocenters. The molecule has 0 unspecified atom stereocenters. The second kappa shape index (κ2) is 6.39. The molecule has 1 rings (SSSR count). The fourth-order valence-electron chi connectivity index (χ4n) is 1.60. The molecule has 0 saturated carbocycles. The molecule has 0 aliphatic heterocycles. The van der Waals surface area contributed by atoms with E-state index in [4.69, 9.17) is 5.11 Å². The molecule has 1 amide bonds. The Hall–Kier alpha value is -1.36. The van der Waals surface area contributed by atoms with Crippen molar-refractivity contribution in [3.05, 3.63) is 18.0 Å². The van der Waals surface area contributed by atoms with Gasteiger partial charge in [0.25, 0.3) is 0 Å². The largest absolute Gasteiger partial charge is 0.396 e. The maximum absolute atomic E-state index is 11.6. The van der Waals surface area contributed by atoms with Gasteiger partial charge in [0.2, 0.25) is 5.91 Å². The maximum atomic E-state index is 11.6. The van der Waals surface area contributed by atoms with E-state index in [0.29, 0.717) is 13.0 Å². The van der Waals surface area contributed by atoms with E-state index in [2.05, 4.69) is 29.4 Å². The lowest BCUT2D eigenvalue weighted by molar-refractivity contribution is -0.120. The summed E-state index contributed by atoms with van der Waals surface area (Å²) >= 11 is 0. The molecule has 0 aliphatic carbocycles. The Labute approximate surface area is 102 Å². The number of hydrogen-bond acceptors (Lipinski definition) is 3. The van der Waals surface area contributed by atoms with Crippen LogP contribution in [-0.4, -0.2) is 34.4 Å². The van der Waals surface area contributed by atoms with Crippen molar-refractivity contribution in [2.75, 3.05) is 13.2 Å². The van der Waals surface area contributed by atoms with Gasteiger partial charge in [-0.15, -0.1) is 0 Å². The molecule has 0 radical (unpaired) electrons. The Morgan fingerprint density at radius 2 is 2.35 bits per heavy atom. The zero-order valence-electron chi connectivity index (χ0n) is 10.5. The number of aromatic amines is 1. The molecule has 0 fully saturated rings. The number of H-pyrrole nitrogens is 1. The molecule has 0 aliphatic rings. The average molecular weight is 239 g/mol. The molecular weight excluding hydrogens is 218 g/mol. The van der Waals surface area contributed by atoms with Crippen LogP contribution in [0.2, 0.25) is 0 Å². The lowest BCUT2D eigenvalue weighted by Crippen LogP contribution is -2.35. The van der Waals surface area contributed by atoms with Crippen molar-refractivity contribution in [3.63, 3.8) is 0 Å². The van der Waals surface area contributed by atoms with E-state index in [0.717, 1.165) is 18.5 Å². The third kappa shape index (κ3) is 5.49. The van der Waals surface area contributed by atoms with Gasteiger partial charge in [-0.2, -0.15) is 5.10 Å². The summed E-state index contributed by atoms with van der Waals surface area (Å²) in [6, 6.07) is 1.79. The van der Waals surface area contributed by atoms with Crippen LogP contribution in [0, 0.1) is 5.41 Å². The lowest BCUT2D eigenvalue weighted by Gasteiger charge is -2.24. The van der Waals surface area contributed by atoms with Gasteiger partial charge in [-0.25, -0.2) is 0 Å². The second-order valence-corrected chi connectivity index (χ2v) is 5.03. The summed E-state index contributed by atoms with van der Waals surface area (Å²) in [6.07, 6.45) is 3.63. The molecule has 17 heavy (non-hydrogen) atoms. The minimum absolute atomic E-state index is 0.00803. The SMILES string of the molecule is CC(C)(CCCO)CNC(=O)Cc1ccn[nH]1. The van der Waals surface area contributed by atoms with Crippen LogP contribution in [-0.2, 0) is 11.2 Å². The lowest BCUT2D eigenvalue weighted by atomic mass is 9.88. The van der Waals surface area contributed by atoms with Gasteiger partial charge < -0.3 is 10.4 Å². The predicted molar refractivity (Wildman–Crippen MR) is 65.4 cm³/mol. The van der Waals surface area contributed by atoms with E-state index in [1.165, 1.54) is 0 Å². The average Bonchev–Trinajstić information content (AvgIpc) is 2.77. The maximum Gasteiger partial charge on any atom is 0.226 e. The number of nitrogens with zero attached hydrogens (tertiary/aromatic N) is 1. The fraction of sp³-hybridized carbons (Fsp3) is 0.667. The van der Waals surface area contributed by atoms with Gasteiger partial charge in [0, 0.05) is 25.0 Å². The highest BCUT2D eigenvalue weighted by atomic mass is 16.2. The molecule has 0 bridgehead atoms. The van der Waals surface area contributed by atoms with Crippen molar-refractivity contribution < 1.29 is 9.90 Å². The number of aliphatic hydroxyl groups is 1. The Kier molecular flexibility index (Phi) is 5.15. The van der Waals surface area contributed by atoms with Gasteiger partial charge in [0.1, 0.15) is 0 Å². The minimum Gasteiger partial charge on any atom is -0.396 e. The highest BCUT2D eigenvalue weighted by molar-refractivity contribution is 5.78. The van der Waals surface area contributed by atoms with Gasteiger partial charge in [-0.05, 0) is 24.3 Å². The minimum atomic E-state index is -0.00803. The van der Waals surface area contributed by atoms with Crippen LogP contribution in [0.5, 0.6) is 0 Å². The summed E-state index contributed by atoms with van der Waals surface area (Å²) in [5.74, 6) is -0.00803. The van der Waals surface area contributed by atoms with Crippen molar-refractivity contribution in [2.45, 2.75) is 33.1 Å². The van der Waals surface area contributed by atoms with Crippen molar-refractivity contribution in [2.24, 2.45) is 5.41 Å². The van der Waals surface area contributed by atoms with Gasteiger partial charge in [-0.1, -0.05) is 13.8 Å². The van der Waals surface area contributed by atoms with E-state index in [1.54, 1.807) is 12.3 Å². The molecule has 3 N–H and O–H groups in total. The summed E-state index contributed by atoms with van der Waals surface area (Å²) < 4.78 is 0. The molecule has 96 valence electrons. The number of aliphatic hydroxyl groups excluding tert-OH is 1. The van der Waals surface area contributed by atoms with E-state index < -0.39 is 0 Å². The van der Waals surface area contributed by atoms with Crippen LogP contribution in [0.25, 0.3) is 0 Å². The van der Waals surface area contributed by atoms with E-state index >= 15 is 0 Å². The molecule has 0 aromatic carbocycles. The first kappa shape index (κ1) is 13.7. The fourth-order valence-corrected chi connectivity index (χ4v) is 1.60. The number of hydrogen-bond donors (Lipinski definition) is 3. The van der Waals surface area contributed by atoms with Gasteiger partial charge in [0.15, 0.2) is 0 Å². The molecule has 1 aromatic rings. The quantitative estimate of drug-likeness (QED) is 0.660. The Morgan fingerprint density at radius 3 is 2.94 bits per heavy atom. The van der Waals surface area contributed by atoms with Gasteiger partial charge in [0.05, 0.1) is 6.42 Å². The van der Waals surface area contributed by atoms with Gasteiger partial charge >= 0.3 is 0 Å². The van der Waals surface area contributed by atoms with Crippen LogP contribution in [0.4, 0.5) is 0 Å². The van der Waals surface area contributed by atoms with Crippen molar-refractivity contribution >= 4 is 5.91 Å². The molecular formula is C12H21N3O2. The van der Waals surface area contributed by atoms with Crippen LogP contribution < -0.4 is 5.32 Å². The summed E-state index contributed by atoms with van der Waals surface area (Å²) in [5, 5.41) is 18.2. The Morgan fingerprint density at radius 1 is 1.59 bits per heavy atom. The first-order valence-corrected chi connectivity index (χ1v) is 5.89. The molecule has 0 saturated heterocycles. The van der Waals surface area contributed by atoms with Crippen LogP contribution in [0.1, 0.15) is 32.4 Å². The van der Waals surface area contributed by atoms with Gasteiger partial charge in [-0.3, -0.25) is 9.89 Å². The van der Waals surface area contributed by atoms with Crippen molar-refractivity contribution in [3.8, 4) is 0 Å². The number of amides is 1. The number of rotatable bonds is 7. The van der Waals surface area contributed by atoms with E-state index in [-0.39, 0.29) is 17.9 Å². The first-order valence-electron chi connectivity index (χ1n) is 5.89. The summed E-state index contributed by atoms with van der Waals surface area (Å²) in [6.45, 7) is 4.99. The van der Waals surface area contributed by atoms with Crippen LogP contribution >= 0.6 is 0 Å². The third-order valence-corrected chi connectivity index (χ3v) is 2.69. The second-order valence-electron chi connectivity index (χ2n) is 5.03. The number of carbonyl (C=O) groups excluding carboxylic acids is 1. The smallest absolute Gasteiger partial charge is 0.226 e. The van der Waals surface area contributed by atoms with Crippen LogP contribution in [0.15, 0.2) is 12.3 Å². The summed E-state index contributed by atoms with van der Waals surface area (Å²) in [7, 11) is 0. The summed E-state index contributed by atoms with van der Waals surface area (Å²) in [5.41, 5.74) is 0.836. The molecule has 1 aromatic heterocycles. The van der Waals surface area contributed by atoms with Crippen molar-refractivity contribution in [1.29, 1.82) is 0 Å². The number of carbonyl (C=O) groups is 1. The van der Waals surface area contributed by atoms with E-state index in [9.17, 15) is 4.79 Å². The monoisotopic (exact) mass is 239 g/mol. The van der Waals surface area contributed by atoms with Crippen LogP contribution in [0.3, 0.4) is 0 Å². The number of nitrogens with one attached hydrogen (secondary N) is 2. The molecule has 1 heterocycles.